The maximum atomic E-state index is 8.76. The number of nitrogens with one attached hydrogen (secondary N) is 1. The molecule has 76 valence electrons. The van der Waals surface area contributed by atoms with E-state index in [2.05, 4.69) is 17.4 Å². The van der Waals surface area contributed by atoms with Gasteiger partial charge >= 0.3 is 0 Å². The first kappa shape index (κ1) is 12.2. The van der Waals surface area contributed by atoms with Crippen LogP contribution in [0.3, 0.4) is 0 Å². The third kappa shape index (κ3) is 4.68. The summed E-state index contributed by atoms with van der Waals surface area (Å²) in [6, 6.07) is 0.145. The quantitative estimate of drug-likeness (QED) is 0.305. The van der Waals surface area contributed by atoms with E-state index in [1.807, 2.05) is 26.8 Å². The lowest BCUT2D eigenvalue weighted by Gasteiger charge is -2.09. The van der Waals surface area contributed by atoms with Gasteiger partial charge in [0.2, 0.25) is 0 Å². The molecule has 0 heterocycles. The Morgan fingerprint density at radius 1 is 1.62 bits per heavy atom. The second-order valence-electron chi connectivity index (χ2n) is 3.15. The van der Waals surface area contributed by atoms with Gasteiger partial charge in [0, 0.05) is 6.42 Å². The zero-order chi connectivity index (χ0) is 10.3. The number of hydroxylamine groups is 1. The molecule has 0 amide bonds. The van der Waals surface area contributed by atoms with Crippen LogP contribution in [0.1, 0.15) is 40.5 Å². The van der Waals surface area contributed by atoms with Crippen LogP contribution in [0, 0.1) is 0 Å². The summed E-state index contributed by atoms with van der Waals surface area (Å²) in [5, 5.41) is 8.76. The molecular weight excluding hydrogens is 164 g/mol. The SMILES string of the molecule is C/C=C(/C)C(C)N=C(CCC)NO. The van der Waals surface area contributed by atoms with Gasteiger partial charge in [0.1, 0.15) is 5.84 Å². The van der Waals surface area contributed by atoms with Crippen LogP contribution in [0.5, 0.6) is 0 Å². The topological polar surface area (TPSA) is 44.6 Å². The molecule has 1 atom stereocenters. The standard InChI is InChI=1S/C10H20N2O/c1-5-7-10(12-13)11-9(4)8(3)6-2/h6,9,13H,5,7H2,1-4H3,(H,11,12)/b8-6-. The van der Waals surface area contributed by atoms with E-state index in [0.717, 1.165) is 12.8 Å². The fourth-order valence-corrected chi connectivity index (χ4v) is 0.963. The third-order valence-electron chi connectivity index (χ3n) is 2.08. The minimum atomic E-state index is 0.145. The molecule has 0 aromatic rings. The highest BCUT2D eigenvalue weighted by Crippen LogP contribution is 2.05. The Morgan fingerprint density at radius 2 is 2.23 bits per heavy atom. The molecule has 0 saturated carbocycles. The summed E-state index contributed by atoms with van der Waals surface area (Å²) >= 11 is 0. The minimum absolute atomic E-state index is 0.145. The highest BCUT2D eigenvalue weighted by molar-refractivity contribution is 5.81. The first-order chi connectivity index (χ1) is 6.15. The van der Waals surface area contributed by atoms with Gasteiger partial charge in [-0.1, -0.05) is 18.6 Å². The highest BCUT2D eigenvalue weighted by atomic mass is 16.5. The molecule has 0 aliphatic carbocycles. The summed E-state index contributed by atoms with van der Waals surface area (Å²) in [7, 11) is 0. The van der Waals surface area contributed by atoms with E-state index >= 15 is 0 Å². The van der Waals surface area contributed by atoms with Gasteiger partial charge in [0.05, 0.1) is 6.04 Å². The lowest BCUT2D eigenvalue weighted by atomic mass is 10.1. The maximum absolute atomic E-state index is 8.76. The van der Waals surface area contributed by atoms with Gasteiger partial charge in [-0.15, -0.1) is 0 Å². The van der Waals surface area contributed by atoms with Crippen molar-refractivity contribution in [3.05, 3.63) is 11.6 Å². The summed E-state index contributed by atoms with van der Waals surface area (Å²) in [4.78, 5) is 4.34. The number of hydrogen-bond acceptors (Lipinski definition) is 2. The molecule has 0 aromatic carbocycles. The molecule has 0 bridgehead atoms. The first-order valence-electron chi connectivity index (χ1n) is 4.75. The van der Waals surface area contributed by atoms with Crippen LogP contribution in [0.4, 0.5) is 0 Å². The van der Waals surface area contributed by atoms with E-state index in [9.17, 15) is 0 Å². The lowest BCUT2D eigenvalue weighted by Crippen LogP contribution is -2.21. The van der Waals surface area contributed by atoms with Crippen LogP contribution in [0.2, 0.25) is 0 Å². The van der Waals surface area contributed by atoms with Crippen molar-refractivity contribution in [2.24, 2.45) is 4.99 Å². The summed E-state index contributed by atoms with van der Waals surface area (Å²) in [6.45, 7) is 8.10. The molecule has 3 heteroatoms. The van der Waals surface area contributed by atoms with E-state index in [1.165, 1.54) is 5.57 Å². The molecule has 0 fully saturated rings. The number of hydrogen-bond donors (Lipinski definition) is 2. The Balaban J connectivity index is 4.31. The van der Waals surface area contributed by atoms with Gasteiger partial charge in [-0.05, 0) is 27.2 Å². The molecule has 0 rings (SSSR count). The number of aliphatic imine (C=N–C) groups is 1. The summed E-state index contributed by atoms with van der Waals surface area (Å²) < 4.78 is 0. The third-order valence-corrected chi connectivity index (χ3v) is 2.08. The molecule has 0 aliphatic rings. The van der Waals surface area contributed by atoms with E-state index in [1.54, 1.807) is 0 Å². The van der Waals surface area contributed by atoms with Crippen molar-refractivity contribution in [3.8, 4) is 0 Å². The van der Waals surface area contributed by atoms with Crippen molar-refractivity contribution in [3.63, 3.8) is 0 Å². The second kappa shape index (κ2) is 6.66. The Hall–Kier alpha value is -0.830. The molecule has 0 aromatic heterocycles. The van der Waals surface area contributed by atoms with Crippen LogP contribution in [-0.2, 0) is 0 Å². The van der Waals surface area contributed by atoms with Crippen molar-refractivity contribution in [2.75, 3.05) is 0 Å². The summed E-state index contributed by atoms with van der Waals surface area (Å²) in [5.74, 6) is 0.663. The highest BCUT2D eigenvalue weighted by Gasteiger charge is 2.02. The predicted octanol–water partition coefficient (Wildman–Crippen LogP) is 2.52. The van der Waals surface area contributed by atoms with E-state index in [0.29, 0.717) is 5.84 Å². The van der Waals surface area contributed by atoms with Crippen LogP contribution in [0.25, 0.3) is 0 Å². The largest absolute Gasteiger partial charge is 0.290 e. The summed E-state index contributed by atoms with van der Waals surface area (Å²) in [5.41, 5.74) is 3.35. The van der Waals surface area contributed by atoms with Gasteiger partial charge in [0.15, 0.2) is 0 Å². The van der Waals surface area contributed by atoms with Gasteiger partial charge < -0.3 is 0 Å². The molecule has 0 radical (unpaired) electrons. The molecule has 0 spiro atoms. The normalized spacial score (nSPS) is 15.8. The van der Waals surface area contributed by atoms with Crippen molar-refractivity contribution in [1.82, 2.24) is 5.48 Å². The number of nitrogens with zero attached hydrogens (tertiary/aromatic N) is 1. The van der Waals surface area contributed by atoms with Crippen molar-refractivity contribution >= 4 is 5.84 Å². The zero-order valence-corrected chi connectivity index (χ0v) is 8.96. The lowest BCUT2D eigenvalue weighted by molar-refractivity contribution is 0.231. The van der Waals surface area contributed by atoms with Crippen molar-refractivity contribution in [1.29, 1.82) is 0 Å². The van der Waals surface area contributed by atoms with E-state index in [4.69, 9.17) is 5.21 Å². The molecule has 2 N–H and O–H groups in total. The molecular formula is C10H20N2O. The smallest absolute Gasteiger partial charge is 0.121 e. The monoisotopic (exact) mass is 184 g/mol. The molecule has 0 saturated heterocycles. The molecule has 0 aliphatic heterocycles. The average molecular weight is 184 g/mol. The van der Waals surface area contributed by atoms with Gasteiger partial charge in [-0.25, -0.2) is 0 Å². The van der Waals surface area contributed by atoms with Crippen molar-refractivity contribution in [2.45, 2.75) is 46.6 Å². The van der Waals surface area contributed by atoms with Crippen LogP contribution in [0.15, 0.2) is 16.6 Å². The fraction of sp³-hybridized carbons (Fsp3) is 0.700. The molecule has 13 heavy (non-hydrogen) atoms. The Morgan fingerprint density at radius 3 is 2.62 bits per heavy atom. The van der Waals surface area contributed by atoms with Gasteiger partial charge in [-0.3, -0.25) is 15.7 Å². The van der Waals surface area contributed by atoms with E-state index < -0.39 is 0 Å². The van der Waals surface area contributed by atoms with Gasteiger partial charge in [-0.2, -0.15) is 0 Å². The molecule has 3 nitrogen and oxygen atoms in total. The number of allylic oxidation sites excluding steroid dienone is 1. The maximum Gasteiger partial charge on any atom is 0.121 e. The van der Waals surface area contributed by atoms with Crippen LogP contribution < -0.4 is 5.48 Å². The summed E-state index contributed by atoms with van der Waals surface area (Å²) in [6.07, 6.45) is 3.81. The molecule has 1 unspecified atom stereocenters. The van der Waals surface area contributed by atoms with Crippen molar-refractivity contribution < 1.29 is 5.21 Å². The van der Waals surface area contributed by atoms with Gasteiger partial charge in [0.25, 0.3) is 0 Å². The second-order valence-corrected chi connectivity index (χ2v) is 3.15. The predicted molar refractivity (Wildman–Crippen MR) is 56.2 cm³/mol. The average Bonchev–Trinajstić information content (AvgIpc) is 2.15. The van der Waals surface area contributed by atoms with Crippen LogP contribution in [-0.4, -0.2) is 17.1 Å². The fourth-order valence-electron chi connectivity index (χ4n) is 0.963. The Labute approximate surface area is 80.5 Å². The number of amidine groups is 1. The van der Waals surface area contributed by atoms with Crippen LogP contribution >= 0.6 is 0 Å². The van der Waals surface area contributed by atoms with E-state index in [-0.39, 0.29) is 6.04 Å². The Kier molecular flexibility index (Phi) is 6.24. The Bertz CT molecular complexity index is 197. The first-order valence-corrected chi connectivity index (χ1v) is 4.75. The zero-order valence-electron chi connectivity index (χ0n) is 8.96. The minimum Gasteiger partial charge on any atom is -0.290 e. The number of rotatable bonds is 4.